The highest BCUT2D eigenvalue weighted by molar-refractivity contribution is 7.91. The van der Waals surface area contributed by atoms with Gasteiger partial charge < -0.3 is 0 Å². The van der Waals surface area contributed by atoms with Crippen molar-refractivity contribution >= 4 is 16.0 Å². The highest BCUT2D eigenvalue weighted by Crippen LogP contribution is 2.16. The Hall–Kier alpha value is -2.67. The number of rotatable bonds is 5. The van der Waals surface area contributed by atoms with Crippen LogP contribution >= 0.6 is 0 Å². The van der Waals surface area contributed by atoms with Crippen molar-refractivity contribution in [2.24, 2.45) is 0 Å². The van der Waals surface area contributed by atoms with Crippen LogP contribution < -0.4 is 4.72 Å². The molecule has 1 N–H and O–H groups in total. The van der Waals surface area contributed by atoms with Gasteiger partial charge in [-0.05, 0) is 24.6 Å². The zero-order valence-corrected chi connectivity index (χ0v) is 13.4. The number of hydrogen-bond acceptors (Lipinski definition) is 4. The van der Waals surface area contributed by atoms with Gasteiger partial charge in [-0.1, -0.05) is 48.0 Å². The number of nitrogens with zero attached hydrogens (tertiary/aromatic N) is 3. The summed E-state index contributed by atoms with van der Waals surface area (Å²) in [4.78, 5) is 0. The lowest BCUT2D eigenvalue weighted by atomic mass is 10.2. The fourth-order valence-electron chi connectivity index (χ4n) is 2.28. The van der Waals surface area contributed by atoms with E-state index in [2.05, 4.69) is 14.9 Å². The first-order valence-corrected chi connectivity index (χ1v) is 8.70. The standard InChI is InChI=1S/C16H16N4O2S/c1-13-6-5-7-14(10-13)11-23(21,22)19-16-18-17-12-20(16)15-8-3-2-4-9-15/h2-10,12H,11H2,1H3,(H,18,19). The molecule has 0 aliphatic heterocycles. The maximum atomic E-state index is 12.4. The Morgan fingerprint density at radius 2 is 1.87 bits per heavy atom. The van der Waals surface area contributed by atoms with Gasteiger partial charge in [-0.2, -0.15) is 0 Å². The Morgan fingerprint density at radius 1 is 1.09 bits per heavy atom. The molecule has 0 unspecified atom stereocenters. The van der Waals surface area contributed by atoms with Gasteiger partial charge in [0.15, 0.2) is 0 Å². The third-order valence-corrected chi connectivity index (χ3v) is 4.48. The van der Waals surface area contributed by atoms with Crippen LogP contribution in [0.25, 0.3) is 5.69 Å². The number of anilines is 1. The van der Waals surface area contributed by atoms with Crippen molar-refractivity contribution in [3.8, 4) is 5.69 Å². The second-order valence-corrected chi connectivity index (χ2v) is 6.93. The summed E-state index contributed by atoms with van der Waals surface area (Å²) < 4.78 is 28.8. The summed E-state index contributed by atoms with van der Waals surface area (Å²) in [6, 6.07) is 16.7. The van der Waals surface area contributed by atoms with Crippen LogP contribution in [0.2, 0.25) is 0 Å². The molecule has 0 aliphatic carbocycles. The zero-order chi connectivity index (χ0) is 16.3. The maximum absolute atomic E-state index is 12.4. The van der Waals surface area contributed by atoms with Crippen molar-refractivity contribution < 1.29 is 8.42 Å². The third kappa shape index (κ3) is 3.75. The number of sulfonamides is 1. The molecule has 0 amide bonds. The molecular weight excluding hydrogens is 312 g/mol. The molecule has 3 rings (SSSR count). The van der Waals surface area contributed by atoms with Crippen LogP contribution in [0, 0.1) is 6.92 Å². The lowest BCUT2D eigenvalue weighted by molar-refractivity contribution is 0.600. The van der Waals surface area contributed by atoms with E-state index in [-0.39, 0.29) is 11.7 Å². The predicted octanol–water partition coefficient (Wildman–Crippen LogP) is 2.52. The topological polar surface area (TPSA) is 76.9 Å². The molecule has 23 heavy (non-hydrogen) atoms. The fraction of sp³-hybridized carbons (Fsp3) is 0.125. The van der Waals surface area contributed by atoms with E-state index in [4.69, 9.17) is 0 Å². The first kappa shape index (κ1) is 15.2. The Kier molecular flexibility index (Phi) is 4.12. The normalized spacial score (nSPS) is 11.3. The number of aryl methyl sites for hydroxylation is 1. The lowest BCUT2D eigenvalue weighted by Crippen LogP contribution is -2.18. The molecule has 0 atom stereocenters. The molecule has 1 heterocycles. The first-order chi connectivity index (χ1) is 11.0. The molecule has 7 heteroatoms. The fourth-order valence-corrected chi connectivity index (χ4v) is 3.39. The van der Waals surface area contributed by atoms with Gasteiger partial charge in [-0.25, -0.2) is 8.42 Å². The summed E-state index contributed by atoms with van der Waals surface area (Å²) in [6.45, 7) is 1.93. The summed E-state index contributed by atoms with van der Waals surface area (Å²) in [5.74, 6) is 0.0555. The van der Waals surface area contributed by atoms with Gasteiger partial charge in [-0.15, -0.1) is 10.2 Å². The lowest BCUT2D eigenvalue weighted by Gasteiger charge is -2.09. The summed E-state index contributed by atoms with van der Waals surface area (Å²) in [5.41, 5.74) is 2.53. The maximum Gasteiger partial charge on any atom is 0.242 e. The van der Waals surface area contributed by atoms with Crippen LogP contribution in [0.1, 0.15) is 11.1 Å². The monoisotopic (exact) mass is 328 g/mol. The first-order valence-electron chi connectivity index (χ1n) is 7.05. The van der Waals surface area contributed by atoms with Gasteiger partial charge in [-0.3, -0.25) is 9.29 Å². The van der Waals surface area contributed by atoms with Crippen LogP contribution in [0.5, 0.6) is 0 Å². The smallest absolute Gasteiger partial charge is 0.242 e. The minimum atomic E-state index is -3.58. The quantitative estimate of drug-likeness (QED) is 0.781. The minimum Gasteiger partial charge on any atom is -0.267 e. The highest BCUT2D eigenvalue weighted by Gasteiger charge is 2.16. The summed E-state index contributed by atoms with van der Waals surface area (Å²) in [6.07, 6.45) is 1.47. The molecule has 0 spiro atoms. The van der Waals surface area contributed by atoms with Crippen molar-refractivity contribution in [3.63, 3.8) is 0 Å². The molecular formula is C16H16N4O2S. The Morgan fingerprint density at radius 3 is 2.61 bits per heavy atom. The highest BCUT2D eigenvalue weighted by atomic mass is 32.2. The number of benzene rings is 2. The molecule has 0 bridgehead atoms. The molecule has 1 aromatic heterocycles. The summed E-state index contributed by atoms with van der Waals surface area (Å²) >= 11 is 0. The van der Waals surface area contributed by atoms with Crippen molar-refractivity contribution in [2.75, 3.05) is 4.72 Å². The van der Waals surface area contributed by atoms with Gasteiger partial charge in [0.2, 0.25) is 16.0 Å². The van der Waals surface area contributed by atoms with Crippen LogP contribution in [0.3, 0.4) is 0 Å². The van der Waals surface area contributed by atoms with E-state index < -0.39 is 10.0 Å². The van der Waals surface area contributed by atoms with Crippen LogP contribution in [-0.2, 0) is 15.8 Å². The second kappa shape index (κ2) is 6.21. The summed E-state index contributed by atoms with van der Waals surface area (Å²) in [7, 11) is -3.58. The van der Waals surface area contributed by atoms with Crippen molar-refractivity contribution in [1.29, 1.82) is 0 Å². The van der Waals surface area contributed by atoms with Crippen molar-refractivity contribution in [2.45, 2.75) is 12.7 Å². The van der Waals surface area contributed by atoms with E-state index in [1.807, 2.05) is 55.5 Å². The van der Waals surface area contributed by atoms with E-state index in [1.54, 1.807) is 10.6 Å². The van der Waals surface area contributed by atoms with Crippen LogP contribution in [0.15, 0.2) is 60.9 Å². The van der Waals surface area contributed by atoms with Gasteiger partial charge in [0.05, 0.1) is 11.4 Å². The number of hydrogen-bond donors (Lipinski definition) is 1. The largest absolute Gasteiger partial charge is 0.267 e. The van der Waals surface area contributed by atoms with E-state index in [1.165, 1.54) is 6.33 Å². The molecule has 0 fully saturated rings. The molecule has 0 saturated carbocycles. The Bertz CT molecular complexity index is 905. The Labute approximate surface area is 134 Å². The number of para-hydroxylation sites is 1. The average molecular weight is 328 g/mol. The molecule has 2 aromatic carbocycles. The van der Waals surface area contributed by atoms with Crippen molar-refractivity contribution in [3.05, 3.63) is 72.1 Å². The van der Waals surface area contributed by atoms with Gasteiger partial charge in [0, 0.05) is 0 Å². The van der Waals surface area contributed by atoms with Gasteiger partial charge >= 0.3 is 0 Å². The molecule has 0 radical (unpaired) electrons. The SMILES string of the molecule is Cc1cccc(CS(=O)(=O)Nc2nncn2-c2ccccc2)c1. The van der Waals surface area contributed by atoms with Crippen LogP contribution in [0.4, 0.5) is 5.95 Å². The summed E-state index contributed by atoms with van der Waals surface area (Å²) in [5, 5.41) is 7.65. The van der Waals surface area contributed by atoms with Crippen molar-refractivity contribution in [1.82, 2.24) is 14.8 Å². The molecule has 3 aromatic rings. The number of aromatic nitrogens is 3. The van der Waals surface area contributed by atoms with E-state index in [0.717, 1.165) is 16.8 Å². The second-order valence-electron chi connectivity index (χ2n) is 5.21. The molecule has 6 nitrogen and oxygen atoms in total. The Balaban J connectivity index is 1.83. The number of nitrogens with one attached hydrogen (secondary N) is 1. The van der Waals surface area contributed by atoms with Gasteiger partial charge in [0.25, 0.3) is 0 Å². The average Bonchev–Trinajstić information content (AvgIpc) is 2.95. The molecule has 0 aliphatic rings. The minimum absolute atomic E-state index is 0.115. The molecule has 0 saturated heterocycles. The van der Waals surface area contributed by atoms with E-state index in [9.17, 15) is 8.42 Å². The third-order valence-electron chi connectivity index (χ3n) is 3.27. The van der Waals surface area contributed by atoms with E-state index >= 15 is 0 Å². The van der Waals surface area contributed by atoms with Gasteiger partial charge in [0.1, 0.15) is 6.33 Å². The molecule has 118 valence electrons. The zero-order valence-electron chi connectivity index (χ0n) is 12.5. The van der Waals surface area contributed by atoms with E-state index in [0.29, 0.717) is 0 Å². The van der Waals surface area contributed by atoms with Crippen LogP contribution in [-0.4, -0.2) is 23.2 Å². The predicted molar refractivity (Wildman–Crippen MR) is 88.8 cm³/mol.